The zero-order valence-corrected chi connectivity index (χ0v) is 7.44. The van der Waals surface area contributed by atoms with Gasteiger partial charge in [0.05, 0.1) is 17.4 Å². The molecule has 64 valence electrons. The van der Waals surface area contributed by atoms with E-state index in [1.54, 1.807) is 0 Å². The normalized spacial score (nSPS) is 9.17. The van der Waals surface area contributed by atoms with Crippen LogP contribution in [-0.4, -0.2) is 12.2 Å². The van der Waals surface area contributed by atoms with Gasteiger partial charge in [0.15, 0.2) is 5.13 Å². The number of hydrogen-bond acceptors (Lipinski definition) is 3. The third-order valence-corrected chi connectivity index (χ3v) is 2.18. The molecule has 2 nitrogen and oxygen atoms in total. The fourth-order valence-electron chi connectivity index (χ4n) is 0.890. The average molecular weight is 184 g/mol. The molecule has 0 spiro atoms. The lowest BCUT2D eigenvalue weighted by Gasteiger charge is -1.80. The molecule has 2 N–H and O–H groups in total. The lowest BCUT2D eigenvalue weighted by atomic mass is 10.3. The van der Waals surface area contributed by atoms with Crippen molar-refractivity contribution in [2.45, 2.75) is 0 Å². The van der Waals surface area contributed by atoms with E-state index in [0.717, 1.165) is 10.2 Å². The summed E-state index contributed by atoms with van der Waals surface area (Å²) in [6, 6.07) is 7.92. The van der Waals surface area contributed by atoms with Crippen molar-refractivity contribution >= 4 is 26.7 Å². The molecule has 0 atom stereocenters. The van der Waals surface area contributed by atoms with E-state index in [1.807, 2.05) is 24.3 Å². The lowest BCUT2D eigenvalue weighted by molar-refractivity contribution is 0.636. The predicted molar refractivity (Wildman–Crippen MR) is 51.1 cm³/mol. The van der Waals surface area contributed by atoms with Gasteiger partial charge in [-0.15, -0.1) is 0 Å². The number of fused-ring (bicyclic) bond motifs is 1. The van der Waals surface area contributed by atoms with Crippen molar-refractivity contribution in [3.05, 3.63) is 24.3 Å². The van der Waals surface area contributed by atoms with E-state index in [-0.39, 0.29) is 0 Å². The van der Waals surface area contributed by atoms with Crippen LogP contribution < -0.4 is 5.73 Å². The Hall–Kier alpha value is -1.16. The maximum absolute atomic E-state index is 9.50. The molecule has 1 aromatic heterocycles. The number of aromatic nitrogens is 1. The van der Waals surface area contributed by atoms with Crippen molar-refractivity contribution in [1.29, 1.82) is 0 Å². The Kier molecular flexibility index (Phi) is 2.99. The topological polar surface area (TPSA) is 38.9 Å². The Bertz CT molecular complexity index is 326. The van der Waals surface area contributed by atoms with E-state index < -0.39 is 0 Å². The molecule has 1 aromatic carbocycles. The molecule has 0 unspecified atom stereocenters. The van der Waals surface area contributed by atoms with Gasteiger partial charge in [-0.25, -0.2) is 4.98 Å². The Morgan fingerprint density at radius 3 is 2.67 bits per heavy atom. The number of nitrogens with two attached hydrogens (primary N) is 1. The third-order valence-electron chi connectivity index (χ3n) is 1.31. The Morgan fingerprint density at radius 2 is 2.00 bits per heavy atom. The molecule has 0 aliphatic heterocycles. The Balaban J connectivity index is 0.000000336. The van der Waals surface area contributed by atoms with Gasteiger partial charge in [-0.05, 0) is 12.1 Å². The molecule has 0 aliphatic carbocycles. The van der Waals surface area contributed by atoms with Crippen molar-refractivity contribution in [3.8, 4) is 0 Å². The van der Waals surface area contributed by atoms with Crippen LogP contribution in [0.3, 0.4) is 0 Å². The Morgan fingerprint density at radius 1 is 1.33 bits per heavy atom. The largest absolute Gasteiger partial charge is 0.375 e. The molecule has 0 saturated heterocycles. The van der Waals surface area contributed by atoms with Gasteiger partial charge in [-0.2, -0.15) is 0 Å². The van der Waals surface area contributed by atoms with Crippen molar-refractivity contribution in [2.75, 3.05) is 12.9 Å². The van der Waals surface area contributed by atoms with Crippen LogP contribution in [0.15, 0.2) is 24.3 Å². The van der Waals surface area contributed by atoms with Crippen LogP contribution in [0.25, 0.3) is 10.2 Å². The van der Waals surface area contributed by atoms with Crippen LogP contribution in [0.5, 0.6) is 0 Å². The van der Waals surface area contributed by atoms with Crippen molar-refractivity contribution in [3.63, 3.8) is 0 Å². The molecule has 0 aliphatic rings. The molecule has 2 aromatic rings. The van der Waals surface area contributed by atoms with Gasteiger partial charge in [0.1, 0.15) is 0 Å². The van der Waals surface area contributed by atoms with E-state index >= 15 is 0 Å². The van der Waals surface area contributed by atoms with Crippen LogP contribution >= 0.6 is 11.3 Å². The minimum atomic E-state index is 0.500. The summed E-state index contributed by atoms with van der Waals surface area (Å²) in [5.41, 5.74) is 6.49. The minimum Gasteiger partial charge on any atom is -0.375 e. The van der Waals surface area contributed by atoms with Crippen LogP contribution in [0.1, 0.15) is 0 Å². The molecule has 0 amide bonds. The summed E-state index contributed by atoms with van der Waals surface area (Å²) in [6.45, 7) is 0. The maximum atomic E-state index is 9.50. The summed E-state index contributed by atoms with van der Waals surface area (Å²) in [4.78, 5) is 4.11. The molecule has 2 rings (SSSR count). The van der Waals surface area contributed by atoms with Crippen molar-refractivity contribution in [1.82, 2.24) is 4.98 Å². The van der Waals surface area contributed by atoms with Crippen molar-refractivity contribution in [2.24, 2.45) is 0 Å². The molecule has 0 saturated carbocycles. The highest BCUT2D eigenvalue weighted by Crippen LogP contribution is 2.22. The van der Waals surface area contributed by atoms with Crippen molar-refractivity contribution < 1.29 is 4.39 Å². The number of alkyl halides is 1. The number of rotatable bonds is 0. The second-order valence-corrected chi connectivity index (χ2v) is 3.08. The summed E-state index contributed by atoms with van der Waals surface area (Å²) >= 11 is 1.52. The second kappa shape index (κ2) is 4.01. The summed E-state index contributed by atoms with van der Waals surface area (Å²) in [5.74, 6) is 0. The number of hydrogen-bond donors (Lipinski definition) is 1. The molecule has 0 radical (unpaired) electrons. The summed E-state index contributed by atoms with van der Waals surface area (Å²) in [7, 11) is 0.500. The van der Waals surface area contributed by atoms with E-state index in [4.69, 9.17) is 5.73 Å². The van der Waals surface area contributed by atoms with Gasteiger partial charge in [-0.1, -0.05) is 23.5 Å². The third kappa shape index (κ3) is 1.71. The van der Waals surface area contributed by atoms with Gasteiger partial charge in [0.2, 0.25) is 0 Å². The van der Waals surface area contributed by atoms with Gasteiger partial charge in [0, 0.05) is 0 Å². The number of para-hydroxylation sites is 1. The Labute approximate surface area is 73.8 Å². The second-order valence-electron chi connectivity index (χ2n) is 2.02. The van der Waals surface area contributed by atoms with Gasteiger partial charge >= 0.3 is 0 Å². The molecule has 1 heterocycles. The van der Waals surface area contributed by atoms with E-state index in [1.165, 1.54) is 11.3 Å². The van der Waals surface area contributed by atoms with E-state index in [9.17, 15) is 4.39 Å². The summed E-state index contributed by atoms with van der Waals surface area (Å²) in [6.07, 6.45) is 0. The maximum Gasteiger partial charge on any atom is 0.181 e. The zero-order valence-electron chi connectivity index (χ0n) is 6.62. The standard InChI is InChI=1S/C7H6N2S.CH3F/c8-7-9-5-3-1-2-4-6(5)10-7;1-2/h1-4H,(H2,8,9);1H3. The zero-order chi connectivity index (χ0) is 8.97. The fraction of sp³-hybridized carbons (Fsp3) is 0.125. The molecule has 4 heteroatoms. The number of thiazole rings is 1. The first-order valence-corrected chi connectivity index (χ1v) is 4.17. The highest BCUT2D eigenvalue weighted by molar-refractivity contribution is 7.22. The lowest BCUT2D eigenvalue weighted by Crippen LogP contribution is -1.78. The van der Waals surface area contributed by atoms with Crippen LogP contribution in [0.2, 0.25) is 0 Å². The fourth-order valence-corrected chi connectivity index (χ4v) is 1.62. The van der Waals surface area contributed by atoms with Gasteiger partial charge in [0.25, 0.3) is 0 Å². The first-order chi connectivity index (χ1) is 5.86. The molecule has 0 bridgehead atoms. The number of nitrogen functional groups attached to an aromatic ring is 1. The molecular formula is C8H9FN2S. The summed E-state index contributed by atoms with van der Waals surface area (Å²) in [5, 5.41) is 0.640. The molecule has 12 heavy (non-hydrogen) atoms. The number of benzene rings is 1. The minimum absolute atomic E-state index is 0.500. The van der Waals surface area contributed by atoms with Gasteiger partial charge in [-0.3, -0.25) is 4.39 Å². The molecular weight excluding hydrogens is 175 g/mol. The highest BCUT2D eigenvalue weighted by atomic mass is 32.1. The van der Waals surface area contributed by atoms with Crippen LogP contribution in [0.4, 0.5) is 9.52 Å². The monoisotopic (exact) mass is 184 g/mol. The predicted octanol–water partition coefficient (Wildman–Crippen LogP) is 2.46. The quantitative estimate of drug-likeness (QED) is 0.683. The molecule has 0 fully saturated rings. The van der Waals surface area contributed by atoms with Gasteiger partial charge < -0.3 is 5.73 Å². The smallest absolute Gasteiger partial charge is 0.181 e. The van der Waals surface area contributed by atoms with E-state index in [0.29, 0.717) is 12.3 Å². The first-order valence-electron chi connectivity index (χ1n) is 3.35. The summed E-state index contributed by atoms with van der Waals surface area (Å²) < 4.78 is 10.7. The highest BCUT2D eigenvalue weighted by Gasteiger charge is 1.96. The average Bonchev–Trinajstić information content (AvgIpc) is 2.48. The SMILES string of the molecule is CF.Nc1nc2ccccc2s1. The first kappa shape index (κ1) is 8.93. The van der Waals surface area contributed by atoms with E-state index in [2.05, 4.69) is 4.98 Å². The number of anilines is 1. The number of halogens is 1. The van der Waals surface area contributed by atoms with Crippen LogP contribution in [0, 0.1) is 0 Å². The van der Waals surface area contributed by atoms with Crippen LogP contribution in [-0.2, 0) is 0 Å². The number of nitrogens with zero attached hydrogens (tertiary/aromatic N) is 1.